The van der Waals surface area contributed by atoms with Gasteiger partial charge in [0.25, 0.3) is 0 Å². The molecule has 128 valence electrons. The third-order valence-electron chi connectivity index (χ3n) is 7.25. The molecule has 0 radical (unpaired) electrons. The molecular formula is C20H38N2. The molecule has 4 aliphatic rings. The average molecular weight is 307 g/mol. The molecule has 4 fully saturated rings. The summed E-state index contributed by atoms with van der Waals surface area (Å²) in [5.74, 6) is 2.98. The summed E-state index contributed by atoms with van der Waals surface area (Å²) in [6.45, 7) is 8.59. The van der Waals surface area contributed by atoms with Gasteiger partial charge in [0.05, 0.1) is 0 Å². The van der Waals surface area contributed by atoms with Crippen molar-refractivity contribution in [1.82, 2.24) is 10.6 Å². The van der Waals surface area contributed by atoms with Crippen molar-refractivity contribution in [3.8, 4) is 0 Å². The minimum Gasteiger partial charge on any atom is -0.315 e. The largest absolute Gasteiger partial charge is 0.315 e. The Balaban J connectivity index is 1.27. The van der Waals surface area contributed by atoms with E-state index in [9.17, 15) is 0 Å². The van der Waals surface area contributed by atoms with Gasteiger partial charge >= 0.3 is 0 Å². The van der Waals surface area contributed by atoms with Gasteiger partial charge in [0.2, 0.25) is 0 Å². The van der Waals surface area contributed by atoms with Crippen LogP contribution in [0.25, 0.3) is 0 Å². The van der Waals surface area contributed by atoms with Crippen LogP contribution >= 0.6 is 0 Å². The van der Waals surface area contributed by atoms with Crippen LogP contribution in [0.2, 0.25) is 0 Å². The first-order valence-electron chi connectivity index (χ1n) is 10.1. The van der Waals surface area contributed by atoms with Crippen molar-refractivity contribution in [2.75, 3.05) is 19.6 Å². The zero-order chi connectivity index (χ0) is 15.4. The summed E-state index contributed by atoms with van der Waals surface area (Å²) in [4.78, 5) is 0. The predicted molar refractivity (Wildman–Crippen MR) is 95.1 cm³/mol. The maximum atomic E-state index is 3.80. The highest BCUT2D eigenvalue weighted by Crippen LogP contribution is 2.61. The van der Waals surface area contributed by atoms with Gasteiger partial charge in [0.15, 0.2) is 0 Å². The van der Waals surface area contributed by atoms with E-state index in [-0.39, 0.29) is 0 Å². The highest BCUT2D eigenvalue weighted by Gasteiger charge is 2.53. The molecule has 4 rings (SSSR count). The van der Waals surface area contributed by atoms with Crippen molar-refractivity contribution in [3.63, 3.8) is 0 Å². The van der Waals surface area contributed by atoms with Crippen molar-refractivity contribution in [3.05, 3.63) is 0 Å². The number of nitrogens with one attached hydrogen (secondary N) is 2. The SMILES string of the molecule is CC1(C)C2C[C@@H]1CCC2CNCCNC1CCCCCCC1. The van der Waals surface area contributed by atoms with Crippen LogP contribution in [0.15, 0.2) is 0 Å². The van der Waals surface area contributed by atoms with E-state index in [1.165, 1.54) is 70.8 Å². The monoisotopic (exact) mass is 306 g/mol. The summed E-state index contributed by atoms with van der Waals surface area (Å²) in [5.41, 5.74) is 0.641. The lowest BCUT2D eigenvalue weighted by atomic mass is 9.45. The third-order valence-corrected chi connectivity index (χ3v) is 7.25. The smallest absolute Gasteiger partial charge is 0.00793 e. The standard InChI is InChI=1S/C20H38N2/c1-20(2)17-11-10-16(19(20)14-17)15-21-12-13-22-18-8-6-4-3-5-7-9-18/h16-19,21-22H,3-15H2,1-2H3/t16?,17-,19?/m0/s1. The maximum absolute atomic E-state index is 3.80. The Kier molecular flexibility index (Phi) is 5.84. The van der Waals surface area contributed by atoms with Gasteiger partial charge in [-0.25, -0.2) is 0 Å². The Labute approximate surface area is 138 Å². The molecule has 0 amide bonds. The summed E-state index contributed by atoms with van der Waals surface area (Å²) in [6.07, 6.45) is 14.5. The second-order valence-corrected chi connectivity index (χ2v) is 8.90. The van der Waals surface area contributed by atoms with Crippen LogP contribution in [0.1, 0.15) is 78.1 Å². The zero-order valence-electron chi connectivity index (χ0n) is 15.0. The summed E-state index contributed by atoms with van der Waals surface area (Å²) in [7, 11) is 0. The van der Waals surface area contributed by atoms with Crippen LogP contribution in [0.4, 0.5) is 0 Å². The zero-order valence-corrected chi connectivity index (χ0v) is 15.0. The lowest BCUT2D eigenvalue weighted by Gasteiger charge is -2.60. The molecule has 22 heavy (non-hydrogen) atoms. The van der Waals surface area contributed by atoms with Crippen molar-refractivity contribution in [1.29, 1.82) is 0 Å². The van der Waals surface area contributed by atoms with Gasteiger partial charge in [-0.2, -0.15) is 0 Å². The van der Waals surface area contributed by atoms with Crippen molar-refractivity contribution in [2.45, 2.75) is 84.1 Å². The summed E-state index contributed by atoms with van der Waals surface area (Å²) >= 11 is 0. The first-order valence-corrected chi connectivity index (χ1v) is 10.1. The van der Waals surface area contributed by atoms with Crippen molar-refractivity contribution >= 4 is 0 Å². The highest BCUT2D eigenvalue weighted by molar-refractivity contribution is 5.03. The van der Waals surface area contributed by atoms with E-state index >= 15 is 0 Å². The van der Waals surface area contributed by atoms with E-state index in [0.29, 0.717) is 5.41 Å². The molecule has 2 bridgehead atoms. The Morgan fingerprint density at radius 3 is 2.27 bits per heavy atom. The lowest BCUT2D eigenvalue weighted by Crippen LogP contribution is -2.54. The number of hydrogen-bond donors (Lipinski definition) is 2. The Hall–Kier alpha value is -0.0800. The Morgan fingerprint density at radius 2 is 1.59 bits per heavy atom. The van der Waals surface area contributed by atoms with E-state index in [2.05, 4.69) is 24.5 Å². The molecule has 3 atom stereocenters. The third kappa shape index (κ3) is 3.87. The molecule has 0 aromatic carbocycles. The van der Waals surface area contributed by atoms with Gasteiger partial charge in [-0.1, -0.05) is 46.0 Å². The molecule has 2 N–H and O–H groups in total. The van der Waals surface area contributed by atoms with E-state index < -0.39 is 0 Å². The fraction of sp³-hybridized carbons (Fsp3) is 1.00. The molecule has 0 aromatic rings. The minimum atomic E-state index is 0.641. The van der Waals surface area contributed by atoms with Crippen molar-refractivity contribution < 1.29 is 0 Å². The molecule has 0 spiro atoms. The second kappa shape index (κ2) is 7.66. The van der Waals surface area contributed by atoms with Gasteiger partial charge in [-0.15, -0.1) is 0 Å². The molecular weight excluding hydrogens is 268 g/mol. The average Bonchev–Trinajstić information content (AvgIpc) is 2.48. The number of hydrogen-bond acceptors (Lipinski definition) is 2. The molecule has 2 heteroatoms. The molecule has 0 saturated heterocycles. The first-order chi connectivity index (χ1) is 10.7. The van der Waals surface area contributed by atoms with E-state index in [1.807, 2.05) is 0 Å². The first kappa shape index (κ1) is 16.8. The van der Waals surface area contributed by atoms with Crippen LogP contribution in [0.3, 0.4) is 0 Å². The molecule has 0 aromatic heterocycles. The van der Waals surface area contributed by atoms with Crippen LogP contribution in [-0.2, 0) is 0 Å². The molecule has 2 unspecified atom stereocenters. The number of fused-ring (bicyclic) bond motifs is 2. The Morgan fingerprint density at radius 1 is 0.864 bits per heavy atom. The normalized spacial score (nSPS) is 35.5. The summed E-state index contributed by atoms with van der Waals surface area (Å²) in [6, 6.07) is 0.795. The highest BCUT2D eigenvalue weighted by atomic mass is 15.0. The fourth-order valence-electron chi connectivity index (χ4n) is 5.52. The van der Waals surface area contributed by atoms with Crippen LogP contribution in [0, 0.1) is 23.2 Å². The quantitative estimate of drug-likeness (QED) is 0.713. The van der Waals surface area contributed by atoms with E-state index in [0.717, 1.165) is 36.9 Å². The Bertz CT molecular complexity index is 329. The molecule has 0 aliphatic heterocycles. The topological polar surface area (TPSA) is 24.1 Å². The van der Waals surface area contributed by atoms with Gasteiger partial charge in [-0.05, 0) is 61.8 Å². The number of rotatable bonds is 6. The van der Waals surface area contributed by atoms with E-state index in [4.69, 9.17) is 0 Å². The molecule has 2 nitrogen and oxygen atoms in total. The van der Waals surface area contributed by atoms with Gasteiger partial charge in [0.1, 0.15) is 0 Å². The second-order valence-electron chi connectivity index (χ2n) is 8.90. The maximum Gasteiger partial charge on any atom is 0.00793 e. The summed E-state index contributed by atoms with van der Waals surface area (Å²) < 4.78 is 0. The molecule has 4 aliphatic carbocycles. The van der Waals surface area contributed by atoms with Crippen LogP contribution in [0.5, 0.6) is 0 Å². The molecule has 0 heterocycles. The van der Waals surface area contributed by atoms with Crippen LogP contribution in [-0.4, -0.2) is 25.7 Å². The molecule has 4 saturated carbocycles. The predicted octanol–water partition coefficient (Wildman–Crippen LogP) is 4.35. The van der Waals surface area contributed by atoms with Crippen LogP contribution < -0.4 is 10.6 Å². The summed E-state index contributed by atoms with van der Waals surface area (Å²) in [5, 5.41) is 7.55. The minimum absolute atomic E-state index is 0.641. The van der Waals surface area contributed by atoms with Gasteiger partial charge in [0, 0.05) is 19.1 Å². The van der Waals surface area contributed by atoms with Gasteiger partial charge < -0.3 is 10.6 Å². The van der Waals surface area contributed by atoms with E-state index in [1.54, 1.807) is 0 Å². The van der Waals surface area contributed by atoms with Gasteiger partial charge in [-0.3, -0.25) is 0 Å². The van der Waals surface area contributed by atoms with Crippen molar-refractivity contribution in [2.24, 2.45) is 23.2 Å². The fourth-order valence-corrected chi connectivity index (χ4v) is 5.52. The lowest BCUT2D eigenvalue weighted by molar-refractivity contribution is -0.103.